The maximum Gasteiger partial charge on any atom is 0.342 e. The topological polar surface area (TPSA) is 85.6 Å². The van der Waals surface area contributed by atoms with E-state index >= 15 is 0 Å². The number of esters is 1. The highest BCUT2D eigenvalue weighted by atomic mass is 19.1. The van der Waals surface area contributed by atoms with Crippen LogP contribution in [0.2, 0.25) is 0 Å². The first-order chi connectivity index (χ1) is 15.8. The average molecular weight is 445 g/mol. The molecule has 6 nitrogen and oxygen atoms in total. The number of hydrogen-bond acceptors (Lipinski definition) is 5. The Labute approximate surface area is 188 Å². The molecule has 1 heterocycles. The monoisotopic (exact) mass is 445 g/mol. The van der Waals surface area contributed by atoms with Crippen molar-refractivity contribution in [2.75, 3.05) is 11.9 Å². The lowest BCUT2D eigenvalue weighted by Crippen LogP contribution is -2.21. The van der Waals surface area contributed by atoms with Gasteiger partial charge >= 0.3 is 5.97 Å². The third-order valence-electron chi connectivity index (χ3n) is 5.13. The summed E-state index contributed by atoms with van der Waals surface area (Å²) in [5, 5.41) is 2.59. The minimum atomic E-state index is -0.842. The summed E-state index contributed by atoms with van der Waals surface area (Å²) in [6.07, 6.45) is 0. The normalized spacial score (nSPS) is 10.8. The van der Waals surface area contributed by atoms with Crippen molar-refractivity contribution in [1.29, 1.82) is 0 Å². The van der Waals surface area contributed by atoms with E-state index in [1.807, 2.05) is 18.2 Å². The number of anilines is 1. The van der Waals surface area contributed by atoms with Crippen molar-refractivity contribution in [2.45, 2.75) is 13.8 Å². The van der Waals surface area contributed by atoms with Crippen LogP contribution < -0.4 is 10.7 Å². The van der Waals surface area contributed by atoms with E-state index < -0.39 is 24.3 Å². The van der Waals surface area contributed by atoms with E-state index in [2.05, 4.69) is 5.32 Å². The van der Waals surface area contributed by atoms with Crippen molar-refractivity contribution in [3.05, 3.63) is 99.5 Å². The molecule has 7 heteroatoms. The van der Waals surface area contributed by atoms with Gasteiger partial charge in [0.15, 0.2) is 17.6 Å². The molecule has 0 aliphatic carbocycles. The number of carbonyl (C=O) groups is 2. The highest BCUT2D eigenvalue weighted by Gasteiger charge is 2.20. The van der Waals surface area contributed by atoms with Gasteiger partial charge in [0, 0.05) is 11.1 Å². The highest BCUT2D eigenvalue weighted by Crippen LogP contribution is 2.27. The van der Waals surface area contributed by atoms with Gasteiger partial charge in [0.2, 0.25) is 0 Å². The standard InChI is InChI=1S/C26H20FNO5/c1-15-11-12-21(20(27)13-15)28-22(29)14-32-26(31)19-10-6-9-18-23(30)16(2)24(33-25(18)19)17-7-4-3-5-8-17/h3-13H,14H2,1-2H3,(H,28,29). The Hall–Kier alpha value is -4.26. The Morgan fingerprint density at radius 2 is 1.76 bits per heavy atom. The van der Waals surface area contributed by atoms with Crippen LogP contribution in [0, 0.1) is 19.7 Å². The van der Waals surface area contributed by atoms with Gasteiger partial charge in [-0.05, 0) is 43.7 Å². The van der Waals surface area contributed by atoms with Gasteiger partial charge in [-0.15, -0.1) is 0 Å². The number of carbonyl (C=O) groups excluding carboxylic acids is 2. The number of rotatable bonds is 5. The van der Waals surface area contributed by atoms with E-state index in [1.165, 1.54) is 18.2 Å². The van der Waals surface area contributed by atoms with E-state index in [4.69, 9.17) is 9.15 Å². The summed E-state index contributed by atoms with van der Waals surface area (Å²) in [5.74, 6) is -1.78. The average Bonchev–Trinajstić information content (AvgIpc) is 2.82. The van der Waals surface area contributed by atoms with Crippen molar-refractivity contribution < 1.29 is 23.1 Å². The molecule has 3 aromatic carbocycles. The Bertz CT molecular complexity index is 1430. The molecule has 1 aromatic heterocycles. The summed E-state index contributed by atoms with van der Waals surface area (Å²) in [6, 6.07) is 18.0. The van der Waals surface area contributed by atoms with Crippen LogP contribution in [0.3, 0.4) is 0 Å². The fourth-order valence-electron chi connectivity index (χ4n) is 3.45. The predicted octanol–water partition coefficient (Wildman–Crippen LogP) is 5.01. The SMILES string of the molecule is Cc1ccc(NC(=O)COC(=O)c2cccc3c(=O)c(C)c(-c4ccccc4)oc23)c(F)c1. The molecule has 166 valence electrons. The zero-order valence-corrected chi connectivity index (χ0v) is 18.0. The fraction of sp³-hybridized carbons (Fsp3) is 0.115. The summed E-state index contributed by atoms with van der Waals surface area (Å²) in [6.45, 7) is 2.75. The molecule has 0 saturated heterocycles. The van der Waals surface area contributed by atoms with Gasteiger partial charge in [0.25, 0.3) is 5.91 Å². The molecule has 0 radical (unpaired) electrons. The first-order valence-electron chi connectivity index (χ1n) is 10.2. The van der Waals surface area contributed by atoms with Gasteiger partial charge in [-0.2, -0.15) is 0 Å². The number of para-hydroxylation sites is 1. The molecule has 0 aliphatic rings. The second kappa shape index (κ2) is 9.08. The zero-order valence-electron chi connectivity index (χ0n) is 18.0. The molecule has 0 atom stereocenters. The summed E-state index contributed by atoms with van der Waals surface area (Å²) in [5.41, 5.74) is 1.62. The molecule has 0 saturated carbocycles. The second-order valence-electron chi connectivity index (χ2n) is 7.54. The molecule has 0 unspecified atom stereocenters. The maximum atomic E-state index is 13.9. The lowest BCUT2D eigenvalue weighted by Gasteiger charge is -2.11. The third-order valence-corrected chi connectivity index (χ3v) is 5.13. The Morgan fingerprint density at radius 1 is 1.00 bits per heavy atom. The zero-order chi connectivity index (χ0) is 23.5. The molecular formula is C26H20FNO5. The van der Waals surface area contributed by atoms with Crippen molar-refractivity contribution in [3.8, 4) is 11.3 Å². The number of halogens is 1. The van der Waals surface area contributed by atoms with E-state index in [1.54, 1.807) is 44.2 Å². The van der Waals surface area contributed by atoms with Crippen LogP contribution in [0.1, 0.15) is 21.5 Å². The van der Waals surface area contributed by atoms with Gasteiger partial charge < -0.3 is 14.5 Å². The fourth-order valence-corrected chi connectivity index (χ4v) is 3.45. The summed E-state index contributed by atoms with van der Waals surface area (Å²) in [4.78, 5) is 37.8. The molecule has 33 heavy (non-hydrogen) atoms. The Kier molecular flexibility index (Phi) is 6.04. The van der Waals surface area contributed by atoms with Crippen LogP contribution in [0.25, 0.3) is 22.3 Å². The smallest absolute Gasteiger partial charge is 0.342 e. The van der Waals surface area contributed by atoms with E-state index in [9.17, 15) is 18.8 Å². The number of amides is 1. The number of hydrogen-bond donors (Lipinski definition) is 1. The van der Waals surface area contributed by atoms with E-state index in [0.717, 1.165) is 0 Å². The Balaban J connectivity index is 1.60. The summed E-state index contributed by atoms with van der Waals surface area (Å²) in [7, 11) is 0. The van der Waals surface area contributed by atoms with Gasteiger partial charge in [0.05, 0.1) is 11.1 Å². The molecular weight excluding hydrogens is 425 g/mol. The molecule has 4 aromatic rings. The lowest BCUT2D eigenvalue weighted by atomic mass is 10.0. The van der Waals surface area contributed by atoms with Gasteiger partial charge in [-0.3, -0.25) is 9.59 Å². The lowest BCUT2D eigenvalue weighted by molar-refractivity contribution is -0.119. The number of nitrogens with one attached hydrogen (secondary N) is 1. The van der Waals surface area contributed by atoms with Crippen LogP contribution in [-0.4, -0.2) is 18.5 Å². The molecule has 0 aliphatic heterocycles. The number of ether oxygens (including phenoxy) is 1. The van der Waals surface area contributed by atoms with Crippen LogP contribution in [0.15, 0.2) is 75.9 Å². The quantitative estimate of drug-likeness (QED) is 0.437. The van der Waals surface area contributed by atoms with Crippen molar-refractivity contribution in [2.24, 2.45) is 0 Å². The minimum Gasteiger partial charge on any atom is -0.455 e. The van der Waals surface area contributed by atoms with Gasteiger partial charge in [-0.1, -0.05) is 42.5 Å². The number of aryl methyl sites for hydroxylation is 1. The van der Waals surface area contributed by atoms with Crippen LogP contribution >= 0.6 is 0 Å². The summed E-state index contributed by atoms with van der Waals surface area (Å²) < 4.78 is 25.0. The largest absolute Gasteiger partial charge is 0.455 e. The molecule has 0 spiro atoms. The first-order valence-corrected chi connectivity index (χ1v) is 10.2. The van der Waals surface area contributed by atoms with Crippen molar-refractivity contribution in [1.82, 2.24) is 0 Å². The van der Waals surface area contributed by atoms with Gasteiger partial charge in [0.1, 0.15) is 17.1 Å². The molecule has 1 amide bonds. The van der Waals surface area contributed by atoms with Crippen LogP contribution in [0.4, 0.5) is 10.1 Å². The van der Waals surface area contributed by atoms with E-state index in [0.29, 0.717) is 22.5 Å². The maximum absolute atomic E-state index is 13.9. The van der Waals surface area contributed by atoms with Gasteiger partial charge in [-0.25, -0.2) is 9.18 Å². The van der Waals surface area contributed by atoms with E-state index in [-0.39, 0.29) is 27.6 Å². The molecule has 0 fully saturated rings. The summed E-state index contributed by atoms with van der Waals surface area (Å²) >= 11 is 0. The molecule has 0 bridgehead atoms. The number of fused-ring (bicyclic) bond motifs is 1. The molecule has 4 rings (SSSR count). The second-order valence-corrected chi connectivity index (χ2v) is 7.54. The highest BCUT2D eigenvalue weighted by molar-refractivity contribution is 6.03. The van der Waals surface area contributed by atoms with Crippen molar-refractivity contribution in [3.63, 3.8) is 0 Å². The third kappa shape index (κ3) is 4.52. The Morgan fingerprint density at radius 3 is 2.48 bits per heavy atom. The minimum absolute atomic E-state index is 0.0103. The predicted molar refractivity (Wildman–Crippen MR) is 123 cm³/mol. The number of benzene rings is 3. The van der Waals surface area contributed by atoms with Crippen molar-refractivity contribution >= 4 is 28.5 Å². The van der Waals surface area contributed by atoms with Crippen LogP contribution in [0.5, 0.6) is 0 Å². The van der Waals surface area contributed by atoms with Crippen LogP contribution in [-0.2, 0) is 9.53 Å². The molecule has 1 N–H and O–H groups in total. The first kappa shape index (κ1) is 22.0.